The number of fused-ring (bicyclic) bond motifs is 3. The minimum Gasteiger partial charge on any atom is -0.495 e. The number of thioether (sulfide) groups is 1. The average Bonchev–Trinajstić information content (AvgIpc) is 2.91. The van der Waals surface area contributed by atoms with Crippen LogP contribution in [0.4, 0.5) is 15.8 Å². The van der Waals surface area contributed by atoms with E-state index in [2.05, 4.69) is 15.3 Å². The van der Waals surface area contributed by atoms with E-state index in [0.29, 0.717) is 28.3 Å². The number of hydrogen-bond donors (Lipinski definition) is 1. The van der Waals surface area contributed by atoms with Crippen LogP contribution in [0.25, 0.3) is 11.3 Å². The molecule has 0 spiro atoms. The maximum absolute atomic E-state index is 13.6. The Morgan fingerprint density at radius 3 is 2.57 bits per heavy atom. The number of rotatable bonds is 7. The van der Waals surface area contributed by atoms with Crippen molar-refractivity contribution in [3.8, 4) is 17.0 Å². The molecule has 2 heterocycles. The van der Waals surface area contributed by atoms with Gasteiger partial charge in [-0.05, 0) is 35.9 Å². The summed E-state index contributed by atoms with van der Waals surface area (Å²) < 4.78 is 47.0. The van der Waals surface area contributed by atoms with Gasteiger partial charge >= 0.3 is 0 Å². The van der Waals surface area contributed by atoms with Crippen LogP contribution < -0.4 is 14.4 Å². The zero-order valence-electron chi connectivity index (χ0n) is 19.6. The van der Waals surface area contributed by atoms with Crippen LogP contribution in [0.1, 0.15) is 5.56 Å². The minimum atomic E-state index is -3.99. The maximum atomic E-state index is 13.6. The monoisotopic (exact) mass is 536 g/mol. The second-order valence-corrected chi connectivity index (χ2v) is 10.8. The number of carbonyl (C=O) groups is 1. The fourth-order valence-electron chi connectivity index (χ4n) is 3.94. The van der Waals surface area contributed by atoms with Gasteiger partial charge in [-0.3, -0.25) is 9.10 Å². The van der Waals surface area contributed by atoms with Gasteiger partial charge in [0.05, 0.1) is 42.7 Å². The van der Waals surface area contributed by atoms with Crippen molar-refractivity contribution in [2.75, 3.05) is 22.5 Å². The number of para-hydroxylation sites is 3. The van der Waals surface area contributed by atoms with Crippen molar-refractivity contribution in [1.82, 2.24) is 9.97 Å². The van der Waals surface area contributed by atoms with Gasteiger partial charge < -0.3 is 10.1 Å². The number of nitrogens with zero attached hydrogens (tertiary/aromatic N) is 3. The molecule has 188 valence electrons. The van der Waals surface area contributed by atoms with Crippen molar-refractivity contribution < 1.29 is 22.3 Å². The van der Waals surface area contributed by atoms with E-state index < -0.39 is 15.8 Å². The van der Waals surface area contributed by atoms with Crippen molar-refractivity contribution >= 4 is 39.1 Å². The molecular formula is C26H21FN4O4S2. The molecule has 0 unspecified atom stereocenters. The van der Waals surface area contributed by atoms with Crippen molar-refractivity contribution in [2.24, 2.45) is 0 Å². The van der Waals surface area contributed by atoms with Gasteiger partial charge in [-0.15, -0.1) is 0 Å². The van der Waals surface area contributed by atoms with Gasteiger partial charge in [0, 0.05) is 5.56 Å². The smallest absolute Gasteiger partial charge is 0.268 e. The Hall–Kier alpha value is -3.96. The molecule has 1 aromatic heterocycles. The number of amides is 1. The molecule has 5 rings (SSSR count). The quantitative estimate of drug-likeness (QED) is 0.269. The van der Waals surface area contributed by atoms with E-state index in [1.165, 1.54) is 29.7 Å². The Morgan fingerprint density at radius 1 is 1.05 bits per heavy atom. The van der Waals surface area contributed by atoms with E-state index in [1.54, 1.807) is 60.7 Å². The SMILES string of the molecule is COc1ccccc1NC(=O)CSc1ncc2c(n1)-c1ccccc1N(Cc1ccc(F)cc1)S2(=O)=O. The zero-order valence-corrected chi connectivity index (χ0v) is 21.2. The van der Waals surface area contributed by atoms with Crippen molar-refractivity contribution in [2.45, 2.75) is 16.6 Å². The van der Waals surface area contributed by atoms with Gasteiger partial charge in [-0.2, -0.15) is 0 Å². The predicted molar refractivity (Wildman–Crippen MR) is 140 cm³/mol. The highest BCUT2D eigenvalue weighted by atomic mass is 32.2. The van der Waals surface area contributed by atoms with Crippen molar-refractivity contribution in [3.63, 3.8) is 0 Å². The third-order valence-electron chi connectivity index (χ3n) is 5.68. The first-order valence-electron chi connectivity index (χ1n) is 11.2. The van der Waals surface area contributed by atoms with Crippen LogP contribution >= 0.6 is 11.8 Å². The van der Waals surface area contributed by atoms with Crippen LogP contribution in [0, 0.1) is 5.82 Å². The normalized spacial score (nSPS) is 13.4. The largest absolute Gasteiger partial charge is 0.495 e. The molecule has 1 aliphatic rings. The molecule has 1 amide bonds. The van der Waals surface area contributed by atoms with Gasteiger partial charge in [0.2, 0.25) is 5.91 Å². The van der Waals surface area contributed by atoms with Crippen LogP contribution in [0.15, 0.2) is 89.0 Å². The minimum absolute atomic E-state index is 0.0158. The van der Waals surface area contributed by atoms with Gasteiger partial charge in [0.1, 0.15) is 16.5 Å². The molecule has 3 aromatic carbocycles. The second-order valence-electron chi connectivity index (χ2n) is 8.06. The number of carbonyl (C=O) groups excluding carboxylic acids is 1. The molecule has 8 nitrogen and oxygen atoms in total. The van der Waals surface area contributed by atoms with Crippen LogP contribution in [0.5, 0.6) is 5.75 Å². The van der Waals surface area contributed by atoms with Gasteiger partial charge in [-0.1, -0.05) is 54.2 Å². The summed E-state index contributed by atoms with van der Waals surface area (Å²) in [4.78, 5) is 21.2. The van der Waals surface area contributed by atoms with E-state index in [1.807, 2.05) is 0 Å². The lowest BCUT2D eigenvalue weighted by atomic mass is 10.1. The number of sulfonamides is 1. The summed E-state index contributed by atoms with van der Waals surface area (Å²) >= 11 is 1.09. The molecule has 0 aliphatic carbocycles. The maximum Gasteiger partial charge on any atom is 0.268 e. The Morgan fingerprint density at radius 2 is 1.78 bits per heavy atom. The lowest BCUT2D eigenvalue weighted by Crippen LogP contribution is -2.34. The van der Waals surface area contributed by atoms with Crippen molar-refractivity contribution in [1.29, 1.82) is 0 Å². The first-order valence-corrected chi connectivity index (χ1v) is 13.6. The van der Waals surface area contributed by atoms with Gasteiger partial charge in [0.15, 0.2) is 5.16 Å². The van der Waals surface area contributed by atoms with E-state index in [0.717, 1.165) is 11.8 Å². The van der Waals surface area contributed by atoms with E-state index in [9.17, 15) is 17.6 Å². The first-order chi connectivity index (χ1) is 17.9. The second kappa shape index (κ2) is 10.2. The number of ether oxygens (including phenoxy) is 1. The van der Waals surface area contributed by atoms with Crippen LogP contribution in [0.3, 0.4) is 0 Å². The van der Waals surface area contributed by atoms with Crippen LogP contribution in [-0.4, -0.2) is 37.2 Å². The summed E-state index contributed by atoms with van der Waals surface area (Å²) in [6.45, 7) is 0.0265. The Balaban J connectivity index is 1.40. The summed E-state index contributed by atoms with van der Waals surface area (Å²) in [5.41, 5.74) is 2.54. The van der Waals surface area contributed by atoms with Crippen LogP contribution in [-0.2, 0) is 21.4 Å². The summed E-state index contributed by atoms with van der Waals surface area (Å²) in [5, 5.41) is 3.06. The third kappa shape index (κ3) is 5.00. The third-order valence-corrected chi connectivity index (χ3v) is 8.30. The van der Waals surface area contributed by atoms with Gasteiger partial charge in [0.25, 0.3) is 10.0 Å². The van der Waals surface area contributed by atoms with Gasteiger partial charge in [-0.25, -0.2) is 22.8 Å². The number of aromatic nitrogens is 2. The van der Waals surface area contributed by atoms with Crippen molar-refractivity contribution in [3.05, 3.63) is 90.4 Å². The predicted octanol–water partition coefficient (Wildman–Crippen LogP) is 4.73. The molecule has 37 heavy (non-hydrogen) atoms. The van der Waals surface area contributed by atoms with E-state index >= 15 is 0 Å². The topological polar surface area (TPSA) is 101 Å². The number of methoxy groups -OCH3 is 1. The Kier molecular flexibility index (Phi) is 6.81. The first kappa shape index (κ1) is 24.7. The van der Waals surface area contributed by atoms with E-state index in [-0.39, 0.29) is 34.0 Å². The number of nitrogens with one attached hydrogen (secondary N) is 1. The zero-order chi connectivity index (χ0) is 26.0. The summed E-state index contributed by atoms with van der Waals surface area (Å²) in [5.74, 6) is -0.125. The summed E-state index contributed by atoms with van der Waals surface area (Å²) in [7, 11) is -2.47. The highest BCUT2D eigenvalue weighted by molar-refractivity contribution is 7.99. The molecule has 0 fully saturated rings. The molecule has 0 saturated heterocycles. The fraction of sp³-hybridized carbons (Fsp3) is 0.115. The number of anilines is 2. The average molecular weight is 537 g/mol. The Labute approximate surface area is 217 Å². The molecule has 0 atom stereocenters. The molecular weight excluding hydrogens is 515 g/mol. The van der Waals surface area contributed by atoms with E-state index in [4.69, 9.17) is 4.74 Å². The number of halogens is 1. The summed E-state index contributed by atoms with van der Waals surface area (Å²) in [6.07, 6.45) is 1.27. The standard InChI is InChI=1S/C26H21FN4O4S2/c1-35-22-9-5-3-7-20(22)29-24(32)16-36-26-28-14-23-25(30-26)19-6-2-4-8-21(19)31(37(23,33)34)15-17-10-12-18(27)13-11-17/h2-14H,15-16H2,1H3,(H,29,32). The molecule has 0 saturated carbocycles. The molecule has 1 aliphatic heterocycles. The number of benzene rings is 3. The molecule has 0 radical (unpaired) electrons. The highest BCUT2D eigenvalue weighted by Gasteiger charge is 2.36. The summed E-state index contributed by atoms with van der Waals surface area (Å²) in [6, 6.07) is 19.8. The number of hydrogen-bond acceptors (Lipinski definition) is 7. The lowest BCUT2D eigenvalue weighted by Gasteiger charge is -2.31. The Bertz CT molecular complexity index is 1580. The fourth-order valence-corrected chi connectivity index (χ4v) is 6.11. The molecule has 4 aromatic rings. The highest BCUT2D eigenvalue weighted by Crippen LogP contribution is 2.42. The van der Waals surface area contributed by atoms with Crippen LogP contribution in [0.2, 0.25) is 0 Å². The molecule has 0 bridgehead atoms. The molecule has 11 heteroatoms. The lowest BCUT2D eigenvalue weighted by molar-refractivity contribution is -0.113. The molecule has 1 N–H and O–H groups in total.